The fraction of sp³-hybridized carbons (Fsp3) is 0.286. The molecule has 0 N–H and O–H groups in total. The molecule has 2 aromatic heterocycles. The molecule has 0 amide bonds. The molecule has 0 unspecified atom stereocenters. The van der Waals surface area contributed by atoms with Gasteiger partial charge >= 0.3 is 6.18 Å². The summed E-state index contributed by atoms with van der Waals surface area (Å²) in [4.78, 5) is 7.16. The Morgan fingerprint density at radius 2 is 2.07 bits per heavy atom. The minimum absolute atomic E-state index is 0.0577. The first-order valence-electron chi connectivity index (χ1n) is 3.82. The van der Waals surface area contributed by atoms with Crippen molar-refractivity contribution in [1.29, 1.82) is 0 Å². The molecule has 2 aromatic rings. The van der Waals surface area contributed by atoms with Gasteiger partial charge in [-0.2, -0.15) is 23.3 Å². The third-order valence-electron chi connectivity index (χ3n) is 1.82. The topological polar surface area (TPSA) is 43.6 Å². The summed E-state index contributed by atoms with van der Waals surface area (Å²) in [5, 5.41) is 3.06. The van der Waals surface area contributed by atoms with Gasteiger partial charge in [0.25, 0.3) is 0 Å². The van der Waals surface area contributed by atoms with E-state index in [1.807, 2.05) is 0 Å². The number of halogens is 4. The van der Waals surface area contributed by atoms with Gasteiger partial charge in [0.2, 0.25) is 5.28 Å². The highest BCUT2D eigenvalue weighted by molar-refractivity contribution is 6.28. The van der Waals surface area contributed by atoms with E-state index >= 15 is 0 Å². The van der Waals surface area contributed by atoms with Crippen molar-refractivity contribution >= 4 is 22.6 Å². The standard InChI is InChI=1S/C7H4ClF3N4/c1-15-5-3(2-12-6(8)13-5)4(14-15)7(9,10)11/h2H,1H3. The Morgan fingerprint density at radius 3 is 2.67 bits per heavy atom. The van der Waals surface area contributed by atoms with E-state index < -0.39 is 11.9 Å². The minimum Gasteiger partial charge on any atom is -0.250 e. The summed E-state index contributed by atoms with van der Waals surface area (Å²) in [7, 11) is 1.36. The van der Waals surface area contributed by atoms with E-state index in [1.54, 1.807) is 0 Å². The van der Waals surface area contributed by atoms with E-state index in [0.717, 1.165) is 10.9 Å². The van der Waals surface area contributed by atoms with E-state index in [9.17, 15) is 13.2 Å². The number of fused-ring (bicyclic) bond motifs is 1. The maximum absolute atomic E-state index is 12.5. The number of alkyl halides is 3. The molecule has 8 heteroatoms. The monoisotopic (exact) mass is 236 g/mol. The third kappa shape index (κ3) is 1.63. The number of aryl methyl sites for hydroxylation is 1. The number of hydrogen-bond acceptors (Lipinski definition) is 3. The average Bonchev–Trinajstić information content (AvgIpc) is 2.43. The average molecular weight is 237 g/mol. The molecule has 0 bridgehead atoms. The van der Waals surface area contributed by atoms with Gasteiger partial charge in [-0.05, 0) is 11.6 Å². The van der Waals surface area contributed by atoms with Crippen molar-refractivity contribution in [2.45, 2.75) is 6.18 Å². The summed E-state index contributed by atoms with van der Waals surface area (Å²) in [6, 6.07) is 0. The summed E-state index contributed by atoms with van der Waals surface area (Å²) < 4.78 is 38.4. The van der Waals surface area contributed by atoms with Crippen molar-refractivity contribution in [3.63, 3.8) is 0 Å². The first kappa shape index (κ1) is 10.2. The smallest absolute Gasteiger partial charge is 0.250 e. The Hall–Kier alpha value is -1.37. The summed E-state index contributed by atoms with van der Waals surface area (Å²) in [6.45, 7) is 0. The lowest BCUT2D eigenvalue weighted by molar-refractivity contribution is -0.140. The van der Waals surface area contributed by atoms with Crippen LogP contribution in [0.2, 0.25) is 5.28 Å². The molecular weight excluding hydrogens is 233 g/mol. The number of nitrogens with zero attached hydrogens (tertiary/aromatic N) is 4. The van der Waals surface area contributed by atoms with E-state index in [2.05, 4.69) is 15.1 Å². The van der Waals surface area contributed by atoms with Crippen LogP contribution in [-0.4, -0.2) is 19.7 Å². The molecule has 0 fully saturated rings. The summed E-state index contributed by atoms with van der Waals surface area (Å²) in [6.07, 6.45) is -3.50. The van der Waals surface area contributed by atoms with Crippen LogP contribution < -0.4 is 0 Å². The zero-order valence-electron chi connectivity index (χ0n) is 7.38. The Balaban J connectivity index is 2.79. The molecule has 2 heterocycles. The van der Waals surface area contributed by atoms with E-state index in [1.165, 1.54) is 7.05 Å². The maximum atomic E-state index is 12.5. The lowest BCUT2D eigenvalue weighted by atomic mass is 10.3. The molecule has 0 aliphatic carbocycles. The van der Waals surface area contributed by atoms with Crippen LogP contribution >= 0.6 is 11.6 Å². The summed E-state index contributed by atoms with van der Waals surface area (Å²) in [5.74, 6) is 0. The van der Waals surface area contributed by atoms with Gasteiger partial charge in [-0.15, -0.1) is 0 Å². The fourth-order valence-corrected chi connectivity index (χ4v) is 1.36. The van der Waals surface area contributed by atoms with Crippen LogP contribution in [0.25, 0.3) is 11.0 Å². The van der Waals surface area contributed by atoms with Crippen molar-refractivity contribution in [3.05, 3.63) is 17.2 Å². The van der Waals surface area contributed by atoms with Gasteiger partial charge in [0.1, 0.15) is 0 Å². The SMILES string of the molecule is Cn1nc(C(F)(F)F)c2cnc(Cl)nc21. The zero-order valence-corrected chi connectivity index (χ0v) is 8.13. The molecule has 15 heavy (non-hydrogen) atoms. The normalized spacial score (nSPS) is 12.3. The second-order valence-corrected chi connectivity index (χ2v) is 3.18. The largest absolute Gasteiger partial charge is 0.435 e. The highest BCUT2D eigenvalue weighted by atomic mass is 35.5. The van der Waals surface area contributed by atoms with Crippen LogP contribution in [0.3, 0.4) is 0 Å². The van der Waals surface area contributed by atoms with Crippen molar-refractivity contribution in [3.8, 4) is 0 Å². The molecule has 0 aliphatic heterocycles. The number of hydrogen-bond donors (Lipinski definition) is 0. The predicted octanol–water partition coefficient (Wildman–Crippen LogP) is 2.04. The van der Waals surface area contributed by atoms with Gasteiger partial charge in [0.15, 0.2) is 11.3 Å². The zero-order chi connectivity index (χ0) is 11.2. The van der Waals surface area contributed by atoms with Crippen LogP contribution in [0.4, 0.5) is 13.2 Å². The second-order valence-electron chi connectivity index (χ2n) is 2.85. The molecule has 0 atom stereocenters. The lowest BCUT2D eigenvalue weighted by Gasteiger charge is -2.00. The Labute approximate surface area is 86.7 Å². The van der Waals surface area contributed by atoms with Crippen LogP contribution in [0.15, 0.2) is 6.20 Å². The Kier molecular flexibility index (Phi) is 2.07. The van der Waals surface area contributed by atoms with Crippen molar-refractivity contribution in [1.82, 2.24) is 19.7 Å². The van der Waals surface area contributed by atoms with Crippen LogP contribution in [-0.2, 0) is 13.2 Å². The fourth-order valence-electron chi connectivity index (χ4n) is 1.23. The van der Waals surface area contributed by atoms with Crippen LogP contribution in [0.5, 0.6) is 0 Å². The molecule has 2 rings (SSSR count). The lowest BCUT2D eigenvalue weighted by Crippen LogP contribution is -2.07. The van der Waals surface area contributed by atoms with Crippen molar-refractivity contribution < 1.29 is 13.2 Å². The Morgan fingerprint density at radius 1 is 1.40 bits per heavy atom. The van der Waals surface area contributed by atoms with Gasteiger partial charge in [0.05, 0.1) is 5.39 Å². The van der Waals surface area contributed by atoms with Gasteiger partial charge in [-0.25, -0.2) is 9.67 Å². The molecule has 0 radical (unpaired) electrons. The van der Waals surface area contributed by atoms with Gasteiger partial charge < -0.3 is 0 Å². The van der Waals surface area contributed by atoms with Crippen LogP contribution in [0, 0.1) is 0 Å². The summed E-state index contributed by atoms with van der Waals surface area (Å²) in [5.41, 5.74) is -0.945. The third-order valence-corrected chi connectivity index (χ3v) is 2.00. The highest BCUT2D eigenvalue weighted by Gasteiger charge is 2.37. The first-order valence-corrected chi connectivity index (χ1v) is 4.20. The highest BCUT2D eigenvalue weighted by Crippen LogP contribution is 2.32. The van der Waals surface area contributed by atoms with E-state index in [4.69, 9.17) is 11.6 Å². The first-order chi connectivity index (χ1) is 6.89. The second kappa shape index (κ2) is 3.06. The van der Waals surface area contributed by atoms with Gasteiger partial charge in [-0.3, -0.25) is 0 Å². The number of rotatable bonds is 0. The molecule has 0 saturated heterocycles. The maximum Gasteiger partial charge on any atom is 0.435 e. The molecule has 0 spiro atoms. The molecule has 0 aliphatic rings. The number of aromatic nitrogens is 4. The summed E-state index contributed by atoms with van der Waals surface area (Å²) >= 11 is 5.47. The molecule has 0 saturated carbocycles. The van der Waals surface area contributed by atoms with Crippen molar-refractivity contribution in [2.24, 2.45) is 7.05 Å². The quantitative estimate of drug-likeness (QED) is 0.658. The molecule has 80 valence electrons. The van der Waals surface area contributed by atoms with Gasteiger partial charge in [0, 0.05) is 13.2 Å². The molecular formula is C7H4ClF3N4. The Bertz CT molecular complexity index is 519. The molecule has 4 nitrogen and oxygen atoms in total. The molecule has 0 aromatic carbocycles. The van der Waals surface area contributed by atoms with E-state index in [0.29, 0.717) is 0 Å². The van der Waals surface area contributed by atoms with Crippen LogP contribution in [0.1, 0.15) is 5.69 Å². The predicted molar refractivity (Wildman–Crippen MR) is 46.3 cm³/mol. The van der Waals surface area contributed by atoms with Crippen molar-refractivity contribution in [2.75, 3.05) is 0 Å². The van der Waals surface area contributed by atoms with E-state index in [-0.39, 0.29) is 16.3 Å². The minimum atomic E-state index is -4.52. The van der Waals surface area contributed by atoms with Gasteiger partial charge in [-0.1, -0.05) is 0 Å².